The lowest BCUT2D eigenvalue weighted by molar-refractivity contribution is -0.000607. The van der Waals surface area contributed by atoms with Crippen LogP contribution in [0.25, 0.3) is 0 Å². The lowest BCUT2D eigenvalue weighted by Crippen LogP contribution is -2.41. The molecule has 0 saturated heterocycles. The maximum Gasteiger partial charge on any atom is 0.265 e. The maximum atomic E-state index is 12.5. The van der Waals surface area contributed by atoms with E-state index in [9.17, 15) is 13.2 Å². The molecule has 0 radical (unpaired) electrons. The molecule has 2 unspecified atom stereocenters. The first-order valence-electron chi connectivity index (χ1n) is 11.9. The Morgan fingerprint density at radius 3 is 2.19 bits per heavy atom. The molecule has 3 rings (SSSR count). The van der Waals surface area contributed by atoms with Gasteiger partial charge in [0.2, 0.25) is 10.0 Å². The van der Waals surface area contributed by atoms with Crippen LogP contribution in [0.2, 0.25) is 0 Å². The van der Waals surface area contributed by atoms with Crippen molar-refractivity contribution < 1.29 is 17.9 Å². The summed E-state index contributed by atoms with van der Waals surface area (Å²) in [5, 5.41) is 0. The summed E-state index contributed by atoms with van der Waals surface area (Å²) in [5.41, 5.74) is 2.42. The molecule has 0 spiro atoms. The predicted molar refractivity (Wildman–Crippen MR) is 125 cm³/mol. The van der Waals surface area contributed by atoms with Crippen molar-refractivity contribution in [1.82, 2.24) is 4.72 Å². The number of carbonyl (C=O) groups is 1. The zero-order valence-electron chi connectivity index (χ0n) is 19.8. The van der Waals surface area contributed by atoms with Crippen LogP contribution in [0.5, 0.6) is 5.75 Å². The van der Waals surface area contributed by atoms with Crippen molar-refractivity contribution in [3.8, 4) is 5.75 Å². The number of sulfonamides is 1. The lowest BCUT2D eigenvalue weighted by atomic mass is 9.58. The summed E-state index contributed by atoms with van der Waals surface area (Å²) in [4.78, 5) is 12.5. The van der Waals surface area contributed by atoms with Gasteiger partial charge in [-0.1, -0.05) is 27.7 Å². The van der Waals surface area contributed by atoms with Gasteiger partial charge >= 0.3 is 0 Å². The number of benzene rings is 1. The second kappa shape index (κ2) is 9.51. The quantitative estimate of drug-likeness (QED) is 0.598. The molecule has 6 heteroatoms. The summed E-state index contributed by atoms with van der Waals surface area (Å²) >= 11 is 0. The number of nitrogens with one attached hydrogen (secondary N) is 1. The Labute approximate surface area is 188 Å². The van der Waals surface area contributed by atoms with Gasteiger partial charge in [0, 0.05) is 11.0 Å². The molecule has 1 aromatic carbocycles. The van der Waals surface area contributed by atoms with Crippen LogP contribution in [-0.2, 0) is 22.9 Å². The number of fused-ring (bicyclic) bond motifs is 2. The fraction of sp³-hybridized carbons (Fsp3) is 0.720. The highest BCUT2D eigenvalue weighted by Gasteiger charge is 2.43. The normalized spacial score (nSPS) is 28.2. The molecule has 174 valence electrons. The van der Waals surface area contributed by atoms with Crippen molar-refractivity contribution in [2.75, 3.05) is 12.9 Å². The maximum absolute atomic E-state index is 12.5. The third kappa shape index (κ3) is 5.82. The Morgan fingerprint density at radius 2 is 1.68 bits per heavy atom. The summed E-state index contributed by atoms with van der Waals surface area (Å²) in [7, 11) is -3.60. The summed E-state index contributed by atoms with van der Waals surface area (Å²) < 4.78 is 31.6. The van der Waals surface area contributed by atoms with Gasteiger partial charge in [-0.3, -0.25) is 4.79 Å². The first-order chi connectivity index (χ1) is 14.6. The molecule has 2 atom stereocenters. The van der Waals surface area contributed by atoms with Gasteiger partial charge in [-0.2, -0.15) is 0 Å². The molecule has 2 bridgehead atoms. The number of rotatable bonds is 8. The third-order valence-corrected chi connectivity index (χ3v) is 7.99. The predicted octanol–water partition coefficient (Wildman–Crippen LogP) is 5.12. The van der Waals surface area contributed by atoms with Gasteiger partial charge in [-0.25, -0.2) is 13.1 Å². The summed E-state index contributed by atoms with van der Waals surface area (Å²) in [6.45, 7) is 9.42. The molecule has 1 aromatic rings. The first kappa shape index (κ1) is 24.1. The first-order valence-corrected chi connectivity index (χ1v) is 13.8. The molecular weight excluding hydrogens is 410 g/mol. The molecule has 0 heterocycles. The van der Waals surface area contributed by atoms with Crippen molar-refractivity contribution in [3.63, 3.8) is 0 Å². The van der Waals surface area contributed by atoms with E-state index in [1.807, 2.05) is 26.0 Å². The fourth-order valence-corrected chi connectivity index (χ4v) is 6.53. The van der Waals surface area contributed by atoms with Crippen LogP contribution in [0.15, 0.2) is 12.1 Å². The molecule has 2 aliphatic carbocycles. The lowest BCUT2D eigenvalue weighted by Gasteiger charge is -2.48. The third-order valence-electron chi connectivity index (χ3n) is 7.44. The Bertz CT molecular complexity index is 890. The molecule has 2 aliphatic rings. The highest BCUT2D eigenvalue weighted by molar-refractivity contribution is 7.89. The Hall–Kier alpha value is -1.56. The van der Waals surface area contributed by atoms with Gasteiger partial charge in [0.15, 0.2) is 0 Å². The van der Waals surface area contributed by atoms with Gasteiger partial charge in [0.1, 0.15) is 5.75 Å². The van der Waals surface area contributed by atoms with E-state index in [0.717, 1.165) is 60.3 Å². The van der Waals surface area contributed by atoms with E-state index >= 15 is 0 Å². The van der Waals surface area contributed by atoms with E-state index < -0.39 is 15.9 Å². The van der Waals surface area contributed by atoms with Crippen molar-refractivity contribution in [2.24, 2.45) is 23.2 Å². The molecule has 5 nitrogen and oxygen atoms in total. The SMILES string of the molecule is CCc1cc(C(=O)NS(C)(=O)=O)c(CC)cc1OCC1(CC)CC2CC(C)CC(C2)C1. The molecule has 0 aromatic heterocycles. The summed E-state index contributed by atoms with van der Waals surface area (Å²) in [5.74, 6) is 2.77. The van der Waals surface area contributed by atoms with E-state index in [2.05, 4.69) is 18.6 Å². The van der Waals surface area contributed by atoms with Crippen LogP contribution in [-0.4, -0.2) is 27.2 Å². The van der Waals surface area contributed by atoms with Crippen LogP contribution in [0.3, 0.4) is 0 Å². The second-order valence-corrected chi connectivity index (χ2v) is 11.9. The van der Waals surface area contributed by atoms with Gasteiger partial charge in [-0.05, 0) is 92.4 Å². The molecule has 31 heavy (non-hydrogen) atoms. The van der Waals surface area contributed by atoms with Crippen LogP contribution in [0, 0.1) is 23.2 Å². The van der Waals surface area contributed by atoms with E-state index in [4.69, 9.17) is 4.74 Å². The van der Waals surface area contributed by atoms with Crippen LogP contribution in [0.1, 0.15) is 87.7 Å². The average Bonchev–Trinajstić information content (AvgIpc) is 2.69. The number of hydrogen-bond acceptors (Lipinski definition) is 4. The van der Waals surface area contributed by atoms with E-state index in [1.54, 1.807) is 0 Å². The molecular formula is C25H39NO4S. The van der Waals surface area contributed by atoms with E-state index in [0.29, 0.717) is 12.0 Å². The van der Waals surface area contributed by atoms with E-state index in [1.165, 1.54) is 32.1 Å². The van der Waals surface area contributed by atoms with E-state index in [-0.39, 0.29) is 5.41 Å². The van der Waals surface area contributed by atoms with Crippen LogP contribution >= 0.6 is 0 Å². The molecule has 0 aliphatic heterocycles. The highest BCUT2D eigenvalue weighted by atomic mass is 32.2. The van der Waals surface area contributed by atoms with Crippen molar-refractivity contribution in [2.45, 2.75) is 79.1 Å². The number of ether oxygens (including phenoxy) is 1. The number of aryl methyl sites for hydroxylation is 2. The number of carbonyl (C=O) groups excluding carboxylic acids is 1. The van der Waals surface area contributed by atoms with Crippen molar-refractivity contribution >= 4 is 15.9 Å². The standard InChI is InChI=1S/C25H39NO4S/c1-6-20-13-23(21(7-2)12-22(20)24(27)26-31(5,28)29)30-16-25(8-3)14-18-9-17(4)10-19(11-18)15-25/h12-13,17-19H,6-11,14-16H2,1-5H3,(H,26,27). The molecule has 1 amide bonds. The minimum atomic E-state index is -3.60. The minimum absolute atomic E-state index is 0.234. The molecule has 2 fully saturated rings. The summed E-state index contributed by atoms with van der Waals surface area (Å²) in [6.07, 6.45) is 10.1. The van der Waals surface area contributed by atoms with Crippen molar-refractivity contribution in [3.05, 3.63) is 28.8 Å². The van der Waals surface area contributed by atoms with Gasteiger partial charge in [0.05, 0.1) is 12.9 Å². The van der Waals surface area contributed by atoms with Gasteiger partial charge in [-0.15, -0.1) is 0 Å². The second-order valence-electron chi connectivity index (χ2n) is 10.1. The zero-order valence-corrected chi connectivity index (χ0v) is 20.6. The number of amides is 1. The monoisotopic (exact) mass is 449 g/mol. The average molecular weight is 450 g/mol. The van der Waals surface area contributed by atoms with Gasteiger partial charge in [0.25, 0.3) is 5.91 Å². The Morgan fingerprint density at radius 1 is 1.06 bits per heavy atom. The molecule has 2 saturated carbocycles. The zero-order chi connectivity index (χ0) is 22.8. The van der Waals surface area contributed by atoms with Crippen molar-refractivity contribution in [1.29, 1.82) is 0 Å². The Balaban J connectivity index is 1.81. The highest BCUT2D eigenvalue weighted by Crippen LogP contribution is 2.52. The van der Waals surface area contributed by atoms with Gasteiger partial charge < -0.3 is 4.74 Å². The fourth-order valence-electron chi connectivity index (χ4n) is 6.08. The summed E-state index contributed by atoms with van der Waals surface area (Å²) in [6, 6.07) is 3.76. The topological polar surface area (TPSA) is 72.5 Å². The number of hydrogen-bond donors (Lipinski definition) is 1. The molecule has 1 N–H and O–H groups in total. The van der Waals surface area contributed by atoms with Crippen LogP contribution in [0.4, 0.5) is 0 Å². The smallest absolute Gasteiger partial charge is 0.265 e. The Kier molecular flexibility index (Phi) is 7.39. The van der Waals surface area contributed by atoms with Crippen LogP contribution < -0.4 is 9.46 Å². The minimum Gasteiger partial charge on any atom is -0.493 e. The largest absolute Gasteiger partial charge is 0.493 e.